The largest absolute Gasteiger partial charge is 0.790 e. The van der Waals surface area contributed by atoms with Crippen molar-refractivity contribution in [2.75, 3.05) is 44.4 Å². The standard InChI is InChI=1S/C24H42N7O17P3S/c1-5-45-52-9-8-26-15(32)6-7-27-22(35)19(34)23(2,3)11-44-51(41,42)48-50(39,40)43-10-14-17(47-49(36,37)38)18(33)24(4,46-14)31-13-30-16-20(25)28-12-29-21(16)31/h12-14,17-19,33-34H,5-11H2,1-4H3,(H,26,32)(H,27,35)(H,39,40)(H,41,42)(H2,25,28,29)(H2,36,37,38)/p-4. The Hall–Kier alpha value is -2.15. The van der Waals surface area contributed by atoms with Gasteiger partial charge < -0.3 is 73.2 Å². The smallest absolute Gasteiger partial charge is 0.274 e. The van der Waals surface area contributed by atoms with E-state index in [1.165, 1.54) is 32.8 Å². The van der Waals surface area contributed by atoms with Crippen molar-refractivity contribution in [2.24, 2.45) is 5.41 Å². The van der Waals surface area contributed by atoms with Crippen LogP contribution >= 0.6 is 35.5 Å². The van der Waals surface area contributed by atoms with E-state index >= 15 is 0 Å². The van der Waals surface area contributed by atoms with Gasteiger partial charge in [-0.05, 0) is 25.9 Å². The third-order valence-corrected chi connectivity index (χ3v) is 11.0. The lowest BCUT2D eigenvalue weighted by Crippen LogP contribution is -2.46. The van der Waals surface area contributed by atoms with Crippen LogP contribution < -0.4 is 35.9 Å². The second kappa shape index (κ2) is 18.0. The van der Waals surface area contributed by atoms with Crippen LogP contribution in [-0.4, -0.2) is 105 Å². The SMILES string of the molecule is CCOSCCNC(=O)CCNC(=O)C(O)C(C)(C)COP(=O)([O-])OP(=O)([O-])OCC1OC(C)(n2cnc3c(N)ncnc32)C(O)C1OP(=O)([O-])[O-]. The predicted molar refractivity (Wildman–Crippen MR) is 169 cm³/mol. The van der Waals surface area contributed by atoms with E-state index in [0.29, 0.717) is 18.9 Å². The van der Waals surface area contributed by atoms with E-state index in [1.54, 1.807) is 0 Å². The molecule has 0 saturated carbocycles. The van der Waals surface area contributed by atoms with Crippen molar-refractivity contribution in [3.63, 3.8) is 0 Å². The normalized spacial score (nSPS) is 23.9. The number of fused-ring (bicyclic) bond motifs is 1. The van der Waals surface area contributed by atoms with Crippen LogP contribution in [0.1, 0.15) is 34.1 Å². The average molecular weight is 822 g/mol. The lowest BCUT2D eigenvalue weighted by Gasteiger charge is -2.36. The van der Waals surface area contributed by atoms with Crippen molar-refractivity contribution in [1.82, 2.24) is 30.2 Å². The molecule has 0 aromatic carbocycles. The molecule has 1 aliphatic rings. The van der Waals surface area contributed by atoms with Crippen LogP contribution in [-0.2, 0) is 55.8 Å². The highest BCUT2D eigenvalue weighted by molar-refractivity contribution is 7.94. The molecule has 7 unspecified atom stereocenters. The number of aliphatic hydroxyl groups excluding tert-OH is 2. The van der Waals surface area contributed by atoms with Gasteiger partial charge in [0.05, 0.1) is 34.0 Å². The summed E-state index contributed by atoms with van der Waals surface area (Å²) in [7, 11) is -17.6. The first kappa shape index (κ1) is 44.2. The van der Waals surface area contributed by atoms with Gasteiger partial charge in [0, 0.05) is 30.7 Å². The number of nitrogens with zero attached hydrogens (tertiary/aromatic N) is 4. The molecule has 0 radical (unpaired) electrons. The van der Waals surface area contributed by atoms with Gasteiger partial charge in [0.1, 0.15) is 36.3 Å². The molecular weight excluding hydrogens is 783 g/mol. The molecule has 2 amide bonds. The highest BCUT2D eigenvalue weighted by Gasteiger charge is 2.55. The summed E-state index contributed by atoms with van der Waals surface area (Å²) < 4.78 is 65.9. The molecule has 2 aromatic heterocycles. The minimum atomic E-state index is -5.91. The molecule has 0 bridgehead atoms. The summed E-state index contributed by atoms with van der Waals surface area (Å²) in [6.07, 6.45) is -5.95. The number of nitrogens with one attached hydrogen (secondary N) is 2. The summed E-state index contributed by atoms with van der Waals surface area (Å²) in [5.74, 6) is -0.956. The number of carbonyl (C=O) groups is 2. The number of hydrogen-bond donors (Lipinski definition) is 5. The monoisotopic (exact) mass is 821 g/mol. The molecular formula is C24H38N7O17P3S-4. The molecule has 52 heavy (non-hydrogen) atoms. The second-order valence-corrected chi connectivity index (χ2v) is 16.7. The zero-order chi connectivity index (χ0) is 39.1. The average Bonchev–Trinajstić information content (AvgIpc) is 3.58. The Morgan fingerprint density at radius 3 is 2.46 bits per heavy atom. The van der Waals surface area contributed by atoms with E-state index in [-0.39, 0.29) is 35.9 Å². The van der Waals surface area contributed by atoms with Crippen molar-refractivity contribution in [3.05, 3.63) is 12.7 Å². The van der Waals surface area contributed by atoms with Gasteiger partial charge >= 0.3 is 0 Å². The predicted octanol–water partition coefficient (Wildman–Crippen LogP) is -3.26. The van der Waals surface area contributed by atoms with Gasteiger partial charge in [-0.2, -0.15) is 0 Å². The fourth-order valence-corrected chi connectivity index (χ4v) is 7.80. The highest BCUT2D eigenvalue weighted by Crippen LogP contribution is 2.56. The summed E-state index contributed by atoms with van der Waals surface area (Å²) in [5, 5.41) is 26.4. The quantitative estimate of drug-likeness (QED) is 0.0468. The van der Waals surface area contributed by atoms with E-state index in [1.807, 2.05) is 6.92 Å². The van der Waals surface area contributed by atoms with E-state index in [2.05, 4.69) is 43.5 Å². The number of ether oxygens (including phenoxy) is 1. The Bertz CT molecular complexity index is 1700. The molecule has 1 aliphatic heterocycles. The van der Waals surface area contributed by atoms with Crippen molar-refractivity contribution < 1.29 is 79.9 Å². The molecule has 0 spiro atoms. The Labute approximate surface area is 300 Å². The van der Waals surface area contributed by atoms with Crippen molar-refractivity contribution in [1.29, 1.82) is 0 Å². The van der Waals surface area contributed by atoms with Gasteiger partial charge in [-0.25, -0.2) is 19.3 Å². The van der Waals surface area contributed by atoms with Crippen LogP contribution in [0.4, 0.5) is 5.82 Å². The summed E-state index contributed by atoms with van der Waals surface area (Å²) in [4.78, 5) is 84.0. The van der Waals surface area contributed by atoms with Gasteiger partial charge in [0.15, 0.2) is 17.2 Å². The molecule has 1 saturated heterocycles. The molecule has 3 rings (SSSR count). The Balaban J connectivity index is 1.58. The summed E-state index contributed by atoms with van der Waals surface area (Å²) in [6, 6.07) is 0. The Morgan fingerprint density at radius 1 is 1.13 bits per heavy atom. The Morgan fingerprint density at radius 2 is 1.81 bits per heavy atom. The minimum Gasteiger partial charge on any atom is -0.790 e. The molecule has 0 aliphatic carbocycles. The number of nitrogens with two attached hydrogens (primary N) is 1. The fraction of sp³-hybridized carbons (Fsp3) is 0.708. The molecule has 7 atom stereocenters. The maximum atomic E-state index is 12.5. The van der Waals surface area contributed by atoms with Gasteiger partial charge in [-0.1, -0.05) is 13.8 Å². The number of phosphoric ester groups is 3. The highest BCUT2D eigenvalue weighted by atomic mass is 32.2. The van der Waals surface area contributed by atoms with E-state index < -0.39 is 78.1 Å². The van der Waals surface area contributed by atoms with E-state index in [9.17, 15) is 53.1 Å². The van der Waals surface area contributed by atoms with Crippen LogP contribution in [0.25, 0.3) is 11.2 Å². The number of hydrogen-bond acceptors (Lipinski definition) is 22. The molecule has 2 aromatic rings. The molecule has 3 heterocycles. The van der Waals surface area contributed by atoms with Crippen LogP contribution in [0, 0.1) is 5.41 Å². The van der Waals surface area contributed by atoms with Gasteiger partial charge in [-0.3, -0.25) is 23.3 Å². The number of nitrogen functional groups attached to an aromatic ring is 1. The number of rotatable bonds is 21. The topological polar surface area (TPSA) is 367 Å². The summed E-state index contributed by atoms with van der Waals surface area (Å²) >= 11 is 1.17. The first-order chi connectivity index (χ1) is 24.0. The summed E-state index contributed by atoms with van der Waals surface area (Å²) in [6.45, 7) is 3.81. The number of anilines is 1. The Kier molecular flexibility index (Phi) is 15.3. The summed E-state index contributed by atoms with van der Waals surface area (Å²) in [5.41, 5.74) is 2.07. The first-order valence-corrected chi connectivity index (χ1v) is 20.4. The van der Waals surface area contributed by atoms with Crippen LogP contribution in [0.2, 0.25) is 0 Å². The lowest BCUT2D eigenvalue weighted by molar-refractivity contribution is -0.347. The van der Waals surface area contributed by atoms with Gasteiger partial charge in [0.25, 0.3) is 15.6 Å². The minimum absolute atomic E-state index is 0.0268. The van der Waals surface area contributed by atoms with Crippen molar-refractivity contribution in [3.8, 4) is 0 Å². The van der Waals surface area contributed by atoms with E-state index in [4.69, 9.17) is 14.7 Å². The maximum absolute atomic E-state index is 12.5. The molecule has 24 nitrogen and oxygen atoms in total. The van der Waals surface area contributed by atoms with Gasteiger partial charge in [-0.15, -0.1) is 0 Å². The second-order valence-electron chi connectivity index (χ2n) is 11.8. The van der Waals surface area contributed by atoms with Crippen LogP contribution in [0.5, 0.6) is 0 Å². The molecule has 1 fully saturated rings. The zero-order valence-corrected chi connectivity index (χ0v) is 31.5. The van der Waals surface area contributed by atoms with Gasteiger partial charge in [0.2, 0.25) is 11.8 Å². The fourth-order valence-electron chi connectivity index (χ4n) is 4.60. The third-order valence-electron chi connectivity index (χ3n) is 7.25. The zero-order valence-electron chi connectivity index (χ0n) is 28.0. The van der Waals surface area contributed by atoms with Crippen molar-refractivity contribution in [2.45, 2.75) is 64.3 Å². The molecule has 296 valence electrons. The number of imidazole rings is 1. The molecule has 28 heteroatoms. The van der Waals surface area contributed by atoms with Crippen molar-refractivity contribution >= 4 is 64.3 Å². The van der Waals surface area contributed by atoms with Crippen LogP contribution in [0.3, 0.4) is 0 Å². The van der Waals surface area contributed by atoms with E-state index in [0.717, 1.165) is 17.2 Å². The number of carbonyl (C=O) groups excluding carboxylic acids is 2. The van der Waals surface area contributed by atoms with Crippen LogP contribution in [0.15, 0.2) is 12.7 Å². The maximum Gasteiger partial charge on any atom is 0.274 e. The number of amides is 2. The number of aliphatic hydroxyl groups is 2. The first-order valence-electron chi connectivity index (χ1n) is 15.1. The number of aromatic nitrogens is 4. The molecule has 6 N–H and O–H groups in total. The number of phosphoric acid groups is 3. The third kappa shape index (κ3) is 12.2. The lowest BCUT2D eigenvalue weighted by atomic mass is 9.87.